The van der Waals surface area contributed by atoms with Crippen LogP contribution in [-0.4, -0.2) is 154 Å². The summed E-state index contributed by atoms with van der Waals surface area (Å²) in [5, 5.41) is 72.1. The summed E-state index contributed by atoms with van der Waals surface area (Å²) in [5.74, 6) is 0.0123. The summed E-state index contributed by atoms with van der Waals surface area (Å²) in [6, 6.07) is 0. The van der Waals surface area contributed by atoms with Gasteiger partial charge in [0.2, 0.25) is 5.91 Å². The van der Waals surface area contributed by atoms with Crippen LogP contribution >= 0.6 is 0 Å². The third kappa shape index (κ3) is 9.87. The Bertz CT molecular complexity index is 674. The minimum absolute atomic E-state index is 0.0123. The molecule has 2 heterocycles. The molecule has 2 aliphatic rings. The largest absolute Gasteiger partial charge is 0.394 e. The summed E-state index contributed by atoms with van der Waals surface area (Å²) in [6.07, 6.45) is -9.86. The molecule has 0 spiro atoms. The van der Waals surface area contributed by atoms with Gasteiger partial charge in [0.1, 0.15) is 42.7 Å². The molecule has 0 aromatic rings. The lowest BCUT2D eigenvalue weighted by molar-refractivity contribution is -0.301. The van der Waals surface area contributed by atoms with Gasteiger partial charge in [-0.2, -0.15) is 0 Å². The van der Waals surface area contributed by atoms with Crippen LogP contribution in [-0.2, 0) is 23.7 Å². The highest BCUT2D eigenvalue weighted by Gasteiger charge is 2.44. The van der Waals surface area contributed by atoms with E-state index in [1.165, 1.54) is 0 Å². The normalized spacial score (nSPS) is 35.9. The average molecular weight is 555 g/mol. The molecular weight excluding hydrogens is 508 g/mol. The Balaban J connectivity index is 1.84. The van der Waals surface area contributed by atoms with Gasteiger partial charge in [0, 0.05) is 26.1 Å². The van der Waals surface area contributed by atoms with Crippen LogP contribution < -0.4 is 5.32 Å². The maximum absolute atomic E-state index is 11.6. The highest BCUT2D eigenvalue weighted by molar-refractivity contribution is 5.75. The van der Waals surface area contributed by atoms with Crippen molar-refractivity contribution in [1.29, 1.82) is 0 Å². The van der Waals surface area contributed by atoms with E-state index < -0.39 is 68.0 Å². The first-order valence-electron chi connectivity index (χ1n) is 13.3. The van der Waals surface area contributed by atoms with Crippen molar-refractivity contribution in [3.63, 3.8) is 0 Å². The Labute approximate surface area is 223 Å². The minimum Gasteiger partial charge on any atom is -0.394 e. The molecule has 10 atom stereocenters. The molecule has 2 saturated heterocycles. The summed E-state index contributed by atoms with van der Waals surface area (Å²) in [7, 11) is 0. The summed E-state index contributed by atoms with van der Waals surface area (Å²) < 4.78 is 22.1. The lowest BCUT2D eigenvalue weighted by Crippen LogP contribution is -2.59. The van der Waals surface area contributed by atoms with E-state index in [2.05, 4.69) is 5.32 Å². The molecule has 1 amide bonds. The molecular formula is C24H46N2O12. The molecule has 0 aromatic carbocycles. The van der Waals surface area contributed by atoms with Crippen molar-refractivity contribution in [1.82, 2.24) is 10.2 Å². The van der Waals surface area contributed by atoms with Crippen LogP contribution in [0.2, 0.25) is 0 Å². The Morgan fingerprint density at radius 2 is 1.37 bits per heavy atom. The van der Waals surface area contributed by atoms with E-state index in [-0.39, 0.29) is 19.1 Å². The number of ether oxygens (including phenoxy) is 4. The second kappa shape index (κ2) is 16.9. The standard InChI is InChI=1S/C24H46N2O12/c1-3-25-16(28)7-5-4-6-8-26(9-11-35-23-21(33)19(31)17(29)14(2)37-23)10-12-36-24-22(34)20(32)18(30)15(13-27)38-24/h14-15,17-24,27,29-34H,3-13H2,1-2H3,(H,25,28)/t14-,15+,17+,18+,19+,20-,21-,22-,23+,24-/m0/s1. The number of aliphatic hydroxyl groups excluding tert-OH is 7. The third-order valence-corrected chi connectivity index (χ3v) is 6.79. The molecule has 2 rings (SSSR count). The molecule has 0 aliphatic carbocycles. The highest BCUT2D eigenvalue weighted by Crippen LogP contribution is 2.23. The number of amides is 1. The Morgan fingerprint density at radius 1 is 0.789 bits per heavy atom. The maximum Gasteiger partial charge on any atom is 0.219 e. The van der Waals surface area contributed by atoms with Crippen LogP contribution in [0.5, 0.6) is 0 Å². The molecule has 0 saturated carbocycles. The fourth-order valence-corrected chi connectivity index (χ4v) is 4.37. The van der Waals surface area contributed by atoms with Gasteiger partial charge in [0.05, 0.1) is 25.9 Å². The lowest BCUT2D eigenvalue weighted by atomic mass is 9.99. The molecule has 224 valence electrons. The van der Waals surface area contributed by atoms with Crippen molar-refractivity contribution in [2.45, 2.75) is 101 Å². The zero-order chi connectivity index (χ0) is 28.2. The summed E-state index contributed by atoms with van der Waals surface area (Å²) in [4.78, 5) is 13.6. The van der Waals surface area contributed by atoms with E-state index in [0.29, 0.717) is 32.6 Å². The zero-order valence-electron chi connectivity index (χ0n) is 22.2. The monoisotopic (exact) mass is 554 g/mol. The van der Waals surface area contributed by atoms with Gasteiger partial charge < -0.3 is 60.0 Å². The summed E-state index contributed by atoms with van der Waals surface area (Å²) in [6.45, 7) is 5.10. The molecule has 8 N–H and O–H groups in total. The SMILES string of the molecule is CCNC(=O)CCCCCN(CCO[C@H]1O[C@H](CO)[C@@H](O)[C@H](O)[C@@H]1O)CCO[C@@H]1O[C@@H](C)[C@@H](O)[C@@H](O)[C@@H]1O. The van der Waals surface area contributed by atoms with Gasteiger partial charge >= 0.3 is 0 Å². The van der Waals surface area contributed by atoms with Gasteiger partial charge in [-0.15, -0.1) is 0 Å². The van der Waals surface area contributed by atoms with Gasteiger partial charge in [-0.3, -0.25) is 9.69 Å². The van der Waals surface area contributed by atoms with Crippen molar-refractivity contribution in [3.05, 3.63) is 0 Å². The van der Waals surface area contributed by atoms with Gasteiger partial charge in [-0.1, -0.05) is 6.42 Å². The van der Waals surface area contributed by atoms with Gasteiger partial charge in [-0.25, -0.2) is 0 Å². The molecule has 14 heteroatoms. The average Bonchev–Trinajstić information content (AvgIpc) is 2.89. The van der Waals surface area contributed by atoms with Crippen LogP contribution in [0.25, 0.3) is 0 Å². The first-order valence-corrected chi connectivity index (χ1v) is 13.3. The summed E-state index contributed by atoms with van der Waals surface area (Å²) in [5.41, 5.74) is 0. The van der Waals surface area contributed by atoms with Crippen LogP contribution in [0, 0.1) is 0 Å². The Morgan fingerprint density at radius 3 is 1.95 bits per heavy atom. The predicted molar refractivity (Wildman–Crippen MR) is 132 cm³/mol. The quantitative estimate of drug-likeness (QED) is 0.0878. The second-order valence-electron chi connectivity index (χ2n) is 9.73. The highest BCUT2D eigenvalue weighted by atomic mass is 16.7. The number of carbonyl (C=O) groups is 1. The molecule has 0 unspecified atom stereocenters. The van der Waals surface area contributed by atoms with E-state index in [4.69, 9.17) is 18.9 Å². The number of hydrogen-bond donors (Lipinski definition) is 8. The Hall–Kier alpha value is -1.01. The smallest absolute Gasteiger partial charge is 0.219 e. The number of nitrogens with one attached hydrogen (secondary N) is 1. The number of unbranched alkanes of at least 4 members (excludes halogenated alkanes) is 2. The van der Waals surface area contributed by atoms with Crippen molar-refractivity contribution < 1.29 is 59.5 Å². The van der Waals surface area contributed by atoms with Gasteiger partial charge in [0.15, 0.2) is 12.6 Å². The van der Waals surface area contributed by atoms with Crippen LogP contribution in [0.15, 0.2) is 0 Å². The van der Waals surface area contributed by atoms with Crippen molar-refractivity contribution in [3.8, 4) is 0 Å². The number of nitrogens with zero attached hydrogens (tertiary/aromatic N) is 1. The van der Waals surface area contributed by atoms with E-state index >= 15 is 0 Å². The minimum atomic E-state index is -1.53. The predicted octanol–water partition coefficient (Wildman–Crippen LogP) is -3.35. The number of aliphatic hydroxyl groups is 7. The second-order valence-corrected chi connectivity index (χ2v) is 9.73. The van der Waals surface area contributed by atoms with Gasteiger partial charge in [-0.05, 0) is 33.2 Å². The van der Waals surface area contributed by atoms with E-state index in [9.17, 15) is 40.5 Å². The van der Waals surface area contributed by atoms with E-state index in [0.717, 1.165) is 19.3 Å². The zero-order valence-corrected chi connectivity index (χ0v) is 22.2. The van der Waals surface area contributed by atoms with E-state index in [1.54, 1.807) is 6.92 Å². The third-order valence-electron chi connectivity index (χ3n) is 6.79. The van der Waals surface area contributed by atoms with E-state index in [1.807, 2.05) is 11.8 Å². The molecule has 38 heavy (non-hydrogen) atoms. The Kier molecular flexibility index (Phi) is 14.8. The molecule has 0 radical (unpaired) electrons. The number of carbonyl (C=O) groups excluding carboxylic acids is 1. The first kappa shape index (κ1) is 33.2. The molecule has 2 aliphatic heterocycles. The number of hydrogen-bond acceptors (Lipinski definition) is 13. The van der Waals surface area contributed by atoms with Crippen LogP contribution in [0.4, 0.5) is 0 Å². The van der Waals surface area contributed by atoms with Crippen LogP contribution in [0.3, 0.4) is 0 Å². The molecule has 14 nitrogen and oxygen atoms in total. The van der Waals surface area contributed by atoms with Crippen molar-refractivity contribution in [2.24, 2.45) is 0 Å². The van der Waals surface area contributed by atoms with Crippen molar-refractivity contribution >= 4 is 5.91 Å². The molecule has 0 bridgehead atoms. The van der Waals surface area contributed by atoms with Crippen LogP contribution in [0.1, 0.15) is 39.5 Å². The maximum atomic E-state index is 11.6. The molecule has 2 fully saturated rings. The lowest BCUT2D eigenvalue weighted by Gasteiger charge is -2.40. The fraction of sp³-hybridized carbons (Fsp3) is 0.958. The van der Waals surface area contributed by atoms with Gasteiger partial charge in [0.25, 0.3) is 0 Å². The summed E-state index contributed by atoms with van der Waals surface area (Å²) >= 11 is 0. The topological polar surface area (TPSA) is 211 Å². The first-order chi connectivity index (χ1) is 18.1. The number of rotatable bonds is 16. The fourth-order valence-electron chi connectivity index (χ4n) is 4.37. The molecule has 0 aromatic heterocycles. The van der Waals surface area contributed by atoms with Crippen molar-refractivity contribution in [2.75, 3.05) is 46.0 Å².